The van der Waals surface area contributed by atoms with Crippen molar-refractivity contribution in [1.82, 2.24) is 24.8 Å². The smallest absolute Gasteiger partial charge is 0.225 e. The molecule has 4 rings (SSSR count). The molecule has 0 aromatic carbocycles. The summed E-state index contributed by atoms with van der Waals surface area (Å²) in [7, 11) is 0. The molecule has 6 nitrogen and oxygen atoms in total. The van der Waals surface area contributed by atoms with Crippen molar-refractivity contribution in [3.8, 4) is 0 Å². The topological polar surface area (TPSA) is 58.0 Å². The molecule has 0 saturated carbocycles. The Morgan fingerprint density at radius 2 is 1.52 bits per heavy atom. The highest BCUT2D eigenvalue weighted by atomic mass is 15.2. The molecule has 0 aliphatic carbocycles. The highest BCUT2D eigenvalue weighted by Crippen LogP contribution is 2.33. The van der Waals surface area contributed by atoms with Crippen molar-refractivity contribution in [3.05, 3.63) is 41.2 Å². The molecule has 0 radical (unpaired) electrons. The van der Waals surface area contributed by atoms with Crippen molar-refractivity contribution in [1.29, 1.82) is 0 Å². The maximum absolute atomic E-state index is 4.79. The molecule has 2 aromatic rings. The molecule has 2 fully saturated rings. The van der Waals surface area contributed by atoms with Crippen molar-refractivity contribution in [2.24, 2.45) is 11.8 Å². The van der Waals surface area contributed by atoms with Crippen LogP contribution in [0.3, 0.4) is 0 Å². The highest BCUT2D eigenvalue weighted by Gasteiger charge is 2.32. The lowest BCUT2D eigenvalue weighted by Crippen LogP contribution is -2.37. The molecule has 0 spiro atoms. The van der Waals surface area contributed by atoms with E-state index in [1.54, 1.807) is 0 Å². The minimum atomic E-state index is 0.809. The Hall–Kier alpha value is -2.08. The van der Waals surface area contributed by atoms with Gasteiger partial charge in [-0.2, -0.15) is 0 Å². The van der Waals surface area contributed by atoms with Crippen molar-refractivity contribution in [2.75, 3.05) is 31.1 Å². The second-order valence-electron chi connectivity index (χ2n) is 8.08. The Labute approximate surface area is 162 Å². The Bertz CT molecular complexity index is 770. The number of hydrogen-bond donors (Lipinski definition) is 0. The molecule has 2 aliphatic heterocycles. The maximum atomic E-state index is 4.79. The molecule has 0 N–H and O–H groups in total. The van der Waals surface area contributed by atoms with Gasteiger partial charge in [0.15, 0.2) is 0 Å². The van der Waals surface area contributed by atoms with Gasteiger partial charge in [-0.25, -0.2) is 9.97 Å². The fraction of sp³-hybridized carbons (Fsp3) is 0.619. The second kappa shape index (κ2) is 7.89. The third-order valence-corrected chi connectivity index (χ3v) is 6.30. The zero-order chi connectivity index (χ0) is 18.8. The number of anilines is 1. The van der Waals surface area contributed by atoms with E-state index < -0.39 is 0 Å². The van der Waals surface area contributed by atoms with Crippen LogP contribution >= 0.6 is 0 Å². The van der Waals surface area contributed by atoms with E-state index in [0.717, 1.165) is 60.2 Å². The lowest BCUT2D eigenvalue weighted by Gasteiger charge is -2.34. The SMILES string of the molecule is Cc1nc(C)c(CN2CCC(C3CCN(c4ncccn4)CC3)C2)nc1C. The van der Waals surface area contributed by atoms with Gasteiger partial charge in [-0.15, -0.1) is 0 Å². The molecule has 0 bridgehead atoms. The van der Waals surface area contributed by atoms with Gasteiger partial charge in [-0.3, -0.25) is 14.9 Å². The molecule has 2 aromatic heterocycles. The third kappa shape index (κ3) is 4.10. The van der Waals surface area contributed by atoms with E-state index in [9.17, 15) is 0 Å². The number of piperidine rings is 1. The van der Waals surface area contributed by atoms with Crippen molar-refractivity contribution >= 4 is 5.95 Å². The van der Waals surface area contributed by atoms with Crippen LogP contribution in [-0.4, -0.2) is 51.0 Å². The van der Waals surface area contributed by atoms with Crippen LogP contribution in [-0.2, 0) is 6.54 Å². The number of aryl methyl sites for hydroxylation is 3. The molecule has 144 valence electrons. The molecule has 0 amide bonds. The van der Waals surface area contributed by atoms with Crippen molar-refractivity contribution in [3.63, 3.8) is 0 Å². The molecular weight excluding hydrogens is 336 g/mol. The van der Waals surface area contributed by atoms with Crippen LogP contribution in [0, 0.1) is 32.6 Å². The molecule has 6 heteroatoms. The average molecular weight is 367 g/mol. The molecule has 1 unspecified atom stereocenters. The summed E-state index contributed by atoms with van der Waals surface area (Å²) < 4.78 is 0. The van der Waals surface area contributed by atoms with Gasteiger partial charge in [-0.1, -0.05) is 0 Å². The highest BCUT2D eigenvalue weighted by molar-refractivity contribution is 5.28. The summed E-state index contributed by atoms with van der Waals surface area (Å²) in [6, 6.07) is 1.88. The Morgan fingerprint density at radius 3 is 2.26 bits per heavy atom. The first kappa shape index (κ1) is 18.3. The summed E-state index contributed by atoms with van der Waals surface area (Å²) in [5, 5.41) is 0. The molecule has 2 saturated heterocycles. The molecular formula is C21H30N6. The number of likely N-dealkylation sites (tertiary alicyclic amines) is 1. The lowest BCUT2D eigenvalue weighted by atomic mass is 9.84. The minimum Gasteiger partial charge on any atom is -0.341 e. The predicted octanol–water partition coefficient (Wildman–Crippen LogP) is 2.93. The number of rotatable bonds is 4. The largest absolute Gasteiger partial charge is 0.341 e. The van der Waals surface area contributed by atoms with Crippen LogP contribution < -0.4 is 4.90 Å². The van der Waals surface area contributed by atoms with Gasteiger partial charge in [0.2, 0.25) is 5.95 Å². The van der Waals surface area contributed by atoms with E-state index in [2.05, 4.69) is 38.6 Å². The molecule has 2 aliphatic rings. The van der Waals surface area contributed by atoms with Gasteiger partial charge >= 0.3 is 0 Å². The number of nitrogens with zero attached hydrogens (tertiary/aromatic N) is 6. The van der Waals surface area contributed by atoms with Gasteiger partial charge in [0.1, 0.15) is 0 Å². The summed E-state index contributed by atoms with van der Waals surface area (Å²) >= 11 is 0. The maximum Gasteiger partial charge on any atom is 0.225 e. The molecule has 1 atom stereocenters. The van der Waals surface area contributed by atoms with E-state index in [4.69, 9.17) is 4.98 Å². The zero-order valence-corrected chi connectivity index (χ0v) is 16.7. The number of hydrogen-bond acceptors (Lipinski definition) is 6. The van der Waals surface area contributed by atoms with Crippen molar-refractivity contribution in [2.45, 2.75) is 46.6 Å². The normalized spacial score (nSPS) is 21.7. The van der Waals surface area contributed by atoms with E-state index in [1.165, 1.54) is 32.4 Å². The predicted molar refractivity (Wildman–Crippen MR) is 107 cm³/mol. The van der Waals surface area contributed by atoms with Crippen LogP contribution in [0.25, 0.3) is 0 Å². The van der Waals surface area contributed by atoms with Crippen LogP contribution in [0.1, 0.15) is 42.0 Å². The van der Waals surface area contributed by atoms with Crippen LogP contribution in [0.4, 0.5) is 5.95 Å². The quantitative estimate of drug-likeness (QED) is 0.829. The van der Waals surface area contributed by atoms with Crippen LogP contribution in [0.5, 0.6) is 0 Å². The first-order valence-electron chi connectivity index (χ1n) is 10.1. The van der Waals surface area contributed by atoms with E-state index >= 15 is 0 Å². The van der Waals surface area contributed by atoms with Crippen LogP contribution in [0.15, 0.2) is 18.5 Å². The zero-order valence-electron chi connectivity index (χ0n) is 16.7. The van der Waals surface area contributed by atoms with Gasteiger partial charge in [-0.05, 0) is 64.5 Å². The lowest BCUT2D eigenvalue weighted by molar-refractivity contribution is 0.250. The Kier molecular flexibility index (Phi) is 5.34. The molecule has 4 heterocycles. The molecule has 27 heavy (non-hydrogen) atoms. The first-order chi connectivity index (χ1) is 13.1. The summed E-state index contributed by atoms with van der Waals surface area (Å²) in [5.74, 6) is 2.51. The Balaban J connectivity index is 1.31. The van der Waals surface area contributed by atoms with Gasteiger partial charge in [0, 0.05) is 38.6 Å². The fourth-order valence-electron chi connectivity index (χ4n) is 4.54. The van der Waals surface area contributed by atoms with Gasteiger partial charge in [0.25, 0.3) is 0 Å². The van der Waals surface area contributed by atoms with E-state index in [1.807, 2.05) is 25.4 Å². The number of aromatic nitrogens is 4. The minimum absolute atomic E-state index is 0.809. The van der Waals surface area contributed by atoms with Crippen molar-refractivity contribution < 1.29 is 0 Å². The summed E-state index contributed by atoms with van der Waals surface area (Å²) in [4.78, 5) is 23.1. The summed E-state index contributed by atoms with van der Waals surface area (Å²) in [6.45, 7) is 11.7. The van der Waals surface area contributed by atoms with E-state index in [0.29, 0.717) is 0 Å². The monoisotopic (exact) mass is 366 g/mol. The first-order valence-corrected chi connectivity index (χ1v) is 10.1. The second-order valence-corrected chi connectivity index (χ2v) is 8.08. The summed E-state index contributed by atoms with van der Waals surface area (Å²) in [5.41, 5.74) is 4.33. The standard InChI is InChI=1S/C21H30N6/c1-15-16(2)25-20(17(3)24-15)14-26-10-5-19(13-26)18-6-11-27(12-7-18)21-22-8-4-9-23-21/h4,8-9,18-19H,5-7,10-14H2,1-3H3. The van der Waals surface area contributed by atoms with Gasteiger partial charge < -0.3 is 4.90 Å². The summed E-state index contributed by atoms with van der Waals surface area (Å²) in [6.07, 6.45) is 7.48. The Morgan fingerprint density at radius 1 is 0.852 bits per heavy atom. The van der Waals surface area contributed by atoms with E-state index in [-0.39, 0.29) is 0 Å². The fourth-order valence-corrected chi connectivity index (χ4v) is 4.54. The van der Waals surface area contributed by atoms with Gasteiger partial charge in [0.05, 0.1) is 22.8 Å². The third-order valence-electron chi connectivity index (χ3n) is 6.30. The van der Waals surface area contributed by atoms with Crippen LogP contribution in [0.2, 0.25) is 0 Å². The average Bonchev–Trinajstić information content (AvgIpc) is 3.15.